The Morgan fingerprint density at radius 2 is 1.82 bits per heavy atom. The molecule has 0 unspecified atom stereocenters. The Balaban J connectivity index is 2.09. The van der Waals surface area contributed by atoms with Crippen LogP contribution in [0.1, 0.15) is 0 Å². The third-order valence-electron chi connectivity index (χ3n) is 4.26. The first kappa shape index (κ1) is 11.7. The predicted octanol–water partition coefficient (Wildman–Crippen LogP) is 2.71. The molecule has 3 aromatic rings. The number of allylic oxidation sites excluding steroid dienone is 1. The van der Waals surface area contributed by atoms with Gasteiger partial charge in [-0.3, -0.25) is 0 Å². The molecule has 0 saturated heterocycles. The molecule has 3 heterocycles. The van der Waals surface area contributed by atoms with E-state index in [1.165, 1.54) is 16.0 Å². The average molecular weight is 286 g/mol. The van der Waals surface area contributed by atoms with E-state index in [4.69, 9.17) is 4.74 Å². The molecule has 5 rings (SSSR count). The predicted molar refractivity (Wildman–Crippen MR) is 88.4 cm³/mol. The highest BCUT2D eigenvalue weighted by Crippen LogP contribution is 2.38. The first-order chi connectivity index (χ1) is 10.8. The largest absolute Gasteiger partial charge is 0.453 e. The summed E-state index contributed by atoms with van der Waals surface area (Å²) in [6, 6.07) is 14.4. The van der Waals surface area contributed by atoms with E-state index in [9.17, 15) is 0 Å². The van der Waals surface area contributed by atoms with Gasteiger partial charge in [0.05, 0.1) is 16.6 Å². The van der Waals surface area contributed by atoms with Gasteiger partial charge in [-0.15, -0.1) is 0 Å². The molecule has 22 heavy (non-hydrogen) atoms. The Kier molecular flexibility index (Phi) is 2.15. The Morgan fingerprint density at radius 3 is 2.77 bits per heavy atom. The Hall–Kier alpha value is -2.94. The first-order valence-electron chi connectivity index (χ1n) is 7.36. The van der Waals surface area contributed by atoms with Crippen molar-refractivity contribution in [1.82, 2.24) is 9.47 Å². The number of fused-ring (bicyclic) bond motifs is 5. The molecule has 2 aromatic carbocycles. The molecule has 0 aliphatic carbocycles. The van der Waals surface area contributed by atoms with E-state index in [-0.39, 0.29) is 0 Å². The van der Waals surface area contributed by atoms with Crippen LogP contribution in [0.3, 0.4) is 0 Å². The van der Waals surface area contributed by atoms with Gasteiger partial charge in [-0.05, 0) is 30.4 Å². The lowest BCUT2D eigenvalue weighted by atomic mass is 10.2. The van der Waals surface area contributed by atoms with Crippen molar-refractivity contribution < 1.29 is 4.74 Å². The third kappa shape index (κ3) is 1.40. The molecule has 0 bridgehead atoms. The fourth-order valence-corrected chi connectivity index (χ4v) is 3.35. The van der Waals surface area contributed by atoms with E-state index < -0.39 is 0 Å². The minimum Gasteiger partial charge on any atom is -0.453 e. The fourth-order valence-electron chi connectivity index (χ4n) is 3.35. The van der Waals surface area contributed by atoms with Gasteiger partial charge in [-0.25, -0.2) is 0 Å². The van der Waals surface area contributed by atoms with E-state index in [1.54, 1.807) is 0 Å². The van der Waals surface area contributed by atoms with E-state index in [1.807, 2.05) is 18.2 Å². The summed E-state index contributed by atoms with van der Waals surface area (Å²) in [5.74, 6) is 1.81. The highest BCUT2D eigenvalue weighted by molar-refractivity contribution is 5.91. The van der Waals surface area contributed by atoms with Crippen LogP contribution in [0.2, 0.25) is 0 Å². The van der Waals surface area contributed by atoms with Crippen molar-refractivity contribution in [2.45, 2.75) is 0 Å². The molecule has 2 aliphatic heterocycles. The number of hydrogen-bond donors (Lipinski definition) is 0. The van der Waals surface area contributed by atoms with Crippen LogP contribution in [0.5, 0.6) is 11.5 Å². The molecule has 3 nitrogen and oxygen atoms in total. The van der Waals surface area contributed by atoms with E-state index in [0.717, 1.165) is 22.7 Å². The number of hydrogen-bond acceptors (Lipinski definition) is 2. The monoisotopic (exact) mass is 286 g/mol. The van der Waals surface area contributed by atoms with Crippen LogP contribution < -0.4 is 15.3 Å². The third-order valence-corrected chi connectivity index (χ3v) is 4.26. The molecule has 1 aromatic heterocycles. The van der Waals surface area contributed by atoms with Gasteiger partial charge in [-0.1, -0.05) is 24.3 Å². The molecule has 3 heteroatoms. The van der Waals surface area contributed by atoms with Crippen LogP contribution in [-0.4, -0.2) is 16.5 Å². The zero-order valence-corrected chi connectivity index (χ0v) is 12.2. The Labute approximate surface area is 127 Å². The van der Waals surface area contributed by atoms with Gasteiger partial charge in [0.15, 0.2) is 11.5 Å². The molecule has 0 N–H and O–H groups in total. The highest BCUT2D eigenvalue weighted by Gasteiger charge is 2.21. The molecule has 106 valence electrons. The van der Waals surface area contributed by atoms with Gasteiger partial charge in [0, 0.05) is 30.1 Å². The van der Waals surface area contributed by atoms with Gasteiger partial charge in [-0.2, -0.15) is 0 Å². The standard InChI is InChI=1S/C19H14N2O/c1-20-11-5-8-15-14(12-20)13-6-4-10-18-19(13)21(15)16-7-2-3-9-17(16)22-18/h2-12H,1H3. The van der Waals surface area contributed by atoms with E-state index >= 15 is 0 Å². The minimum atomic E-state index is 0.899. The summed E-state index contributed by atoms with van der Waals surface area (Å²) in [4.78, 5) is 2.09. The van der Waals surface area contributed by atoms with E-state index in [0.29, 0.717) is 0 Å². The van der Waals surface area contributed by atoms with Crippen LogP contribution in [0, 0.1) is 0 Å². The van der Waals surface area contributed by atoms with E-state index in [2.05, 4.69) is 65.3 Å². The maximum Gasteiger partial charge on any atom is 0.152 e. The SMILES string of the molecule is CN1C=CC=c2c(c3cccc4c3n2-c2ccccc2O4)=C1. The number of rotatable bonds is 0. The second-order valence-corrected chi connectivity index (χ2v) is 5.66. The lowest BCUT2D eigenvalue weighted by Crippen LogP contribution is -2.29. The van der Waals surface area contributed by atoms with Gasteiger partial charge in [0.1, 0.15) is 0 Å². The fraction of sp³-hybridized carbons (Fsp3) is 0.0526. The number of benzene rings is 2. The molecular formula is C19H14N2O. The quantitative estimate of drug-likeness (QED) is 0.494. The van der Waals surface area contributed by atoms with Crippen molar-refractivity contribution in [3.8, 4) is 17.2 Å². The van der Waals surface area contributed by atoms with Gasteiger partial charge >= 0.3 is 0 Å². The minimum absolute atomic E-state index is 0.899. The Morgan fingerprint density at radius 1 is 0.955 bits per heavy atom. The summed E-state index contributed by atoms with van der Waals surface area (Å²) in [6.45, 7) is 0. The topological polar surface area (TPSA) is 17.4 Å². The summed E-state index contributed by atoms with van der Waals surface area (Å²) in [5.41, 5.74) is 2.23. The lowest BCUT2D eigenvalue weighted by Gasteiger charge is -2.20. The summed E-state index contributed by atoms with van der Waals surface area (Å²) in [6.07, 6.45) is 8.49. The zero-order chi connectivity index (χ0) is 14.7. The van der Waals surface area contributed by atoms with Gasteiger partial charge in [0.2, 0.25) is 0 Å². The second kappa shape index (κ2) is 4.04. The number of nitrogens with zero attached hydrogens (tertiary/aromatic N) is 2. The molecular weight excluding hydrogens is 272 g/mol. The molecule has 0 atom stereocenters. The normalized spacial score (nSPS) is 14.5. The molecule has 0 spiro atoms. The number of para-hydroxylation sites is 3. The summed E-state index contributed by atoms with van der Waals surface area (Å²) in [5, 5.41) is 3.64. The first-order valence-corrected chi connectivity index (χ1v) is 7.36. The van der Waals surface area contributed by atoms with Crippen LogP contribution in [0.25, 0.3) is 28.9 Å². The van der Waals surface area contributed by atoms with Crippen molar-refractivity contribution in [2.24, 2.45) is 0 Å². The van der Waals surface area contributed by atoms with Crippen molar-refractivity contribution in [2.75, 3.05) is 7.05 Å². The Bertz CT molecular complexity index is 1070. The smallest absolute Gasteiger partial charge is 0.152 e. The van der Waals surface area contributed by atoms with Crippen molar-refractivity contribution in [3.05, 3.63) is 65.3 Å². The average Bonchev–Trinajstić information content (AvgIpc) is 2.72. The van der Waals surface area contributed by atoms with Crippen LogP contribution in [-0.2, 0) is 0 Å². The second-order valence-electron chi connectivity index (χ2n) is 5.66. The zero-order valence-electron chi connectivity index (χ0n) is 12.2. The molecule has 2 aliphatic rings. The van der Waals surface area contributed by atoms with Crippen molar-refractivity contribution >= 4 is 23.2 Å². The maximum absolute atomic E-state index is 6.11. The van der Waals surface area contributed by atoms with Gasteiger partial charge < -0.3 is 14.2 Å². The van der Waals surface area contributed by atoms with Gasteiger partial charge in [0.25, 0.3) is 0 Å². The summed E-state index contributed by atoms with van der Waals surface area (Å²) in [7, 11) is 2.05. The lowest BCUT2D eigenvalue weighted by molar-refractivity contribution is 0.475. The molecule has 0 fully saturated rings. The highest BCUT2D eigenvalue weighted by atomic mass is 16.5. The van der Waals surface area contributed by atoms with Crippen LogP contribution in [0.4, 0.5) is 0 Å². The molecule has 0 saturated carbocycles. The van der Waals surface area contributed by atoms with Crippen molar-refractivity contribution in [1.29, 1.82) is 0 Å². The van der Waals surface area contributed by atoms with Crippen molar-refractivity contribution in [3.63, 3.8) is 0 Å². The maximum atomic E-state index is 6.11. The van der Waals surface area contributed by atoms with Crippen LogP contribution >= 0.6 is 0 Å². The van der Waals surface area contributed by atoms with Crippen LogP contribution in [0.15, 0.2) is 54.7 Å². The number of ether oxygens (including phenoxy) is 1. The number of aromatic nitrogens is 1. The summed E-state index contributed by atoms with van der Waals surface area (Å²) < 4.78 is 8.41. The molecule has 0 radical (unpaired) electrons. The molecule has 0 amide bonds. The summed E-state index contributed by atoms with van der Waals surface area (Å²) >= 11 is 0.